The van der Waals surface area contributed by atoms with Gasteiger partial charge in [0.15, 0.2) is 0 Å². The van der Waals surface area contributed by atoms with Crippen molar-refractivity contribution < 1.29 is 14.9 Å². The highest BCUT2D eigenvalue weighted by atomic mass is 32.2. The second kappa shape index (κ2) is 6.33. The number of para-hydroxylation sites is 2. The molecule has 4 heteroatoms. The van der Waals surface area contributed by atoms with Crippen LogP contribution in [0.1, 0.15) is 0 Å². The third kappa shape index (κ3) is 3.98. The zero-order valence-corrected chi connectivity index (χ0v) is 10.6. The highest BCUT2D eigenvalue weighted by Crippen LogP contribution is 2.37. The Morgan fingerprint density at radius 3 is 1.50 bits per heavy atom. The largest absolute Gasteiger partial charge is 0.507 e. The lowest BCUT2D eigenvalue weighted by Gasteiger charge is -2.05. The standard InChI is InChI=1S/C12H10O2S.C2H4O/c13-9-5-1-3-7-11(9)15-12-8-4-2-6-10(12)14;1-2-3-1/h1-8,13-14H;1-2H2. The van der Waals surface area contributed by atoms with Gasteiger partial charge in [0.1, 0.15) is 11.5 Å². The fourth-order valence-corrected chi connectivity index (χ4v) is 2.08. The topological polar surface area (TPSA) is 53.0 Å². The molecule has 1 heterocycles. The highest BCUT2D eigenvalue weighted by Gasteiger charge is 2.05. The van der Waals surface area contributed by atoms with Crippen LogP contribution in [0.25, 0.3) is 0 Å². The van der Waals surface area contributed by atoms with Gasteiger partial charge in [-0.05, 0) is 24.3 Å². The van der Waals surface area contributed by atoms with Gasteiger partial charge < -0.3 is 14.9 Å². The maximum atomic E-state index is 9.56. The molecule has 2 aromatic carbocycles. The molecule has 18 heavy (non-hydrogen) atoms. The van der Waals surface area contributed by atoms with Crippen molar-refractivity contribution in [1.29, 1.82) is 0 Å². The monoisotopic (exact) mass is 262 g/mol. The van der Waals surface area contributed by atoms with Crippen molar-refractivity contribution in [2.24, 2.45) is 0 Å². The van der Waals surface area contributed by atoms with Gasteiger partial charge in [-0.2, -0.15) is 0 Å². The summed E-state index contributed by atoms with van der Waals surface area (Å²) in [6, 6.07) is 14.1. The van der Waals surface area contributed by atoms with Crippen LogP contribution in [0, 0.1) is 0 Å². The summed E-state index contributed by atoms with van der Waals surface area (Å²) in [5.74, 6) is 0.455. The van der Waals surface area contributed by atoms with Crippen molar-refractivity contribution in [1.82, 2.24) is 0 Å². The Hall–Kier alpha value is -1.65. The van der Waals surface area contributed by atoms with Crippen molar-refractivity contribution in [2.45, 2.75) is 9.79 Å². The summed E-state index contributed by atoms with van der Waals surface area (Å²) in [5.41, 5.74) is 0. The molecule has 0 atom stereocenters. The first-order chi connectivity index (χ1) is 8.77. The van der Waals surface area contributed by atoms with Crippen molar-refractivity contribution in [3.05, 3.63) is 48.5 Å². The van der Waals surface area contributed by atoms with Crippen molar-refractivity contribution >= 4 is 11.8 Å². The third-order valence-electron chi connectivity index (χ3n) is 2.15. The first-order valence-corrected chi connectivity index (χ1v) is 6.40. The molecule has 0 bridgehead atoms. The summed E-state index contributed by atoms with van der Waals surface area (Å²) < 4.78 is 4.50. The molecule has 0 spiro atoms. The SMILES string of the molecule is C1CO1.Oc1ccccc1Sc1ccccc1O. The Labute approximate surface area is 110 Å². The molecule has 1 aliphatic heterocycles. The number of hydrogen-bond donors (Lipinski definition) is 2. The van der Waals surface area contributed by atoms with E-state index in [9.17, 15) is 10.2 Å². The predicted molar refractivity (Wildman–Crippen MR) is 71.2 cm³/mol. The minimum atomic E-state index is 0.228. The van der Waals surface area contributed by atoms with Gasteiger partial charge in [0, 0.05) is 0 Å². The van der Waals surface area contributed by atoms with Gasteiger partial charge in [-0.25, -0.2) is 0 Å². The van der Waals surface area contributed by atoms with Crippen molar-refractivity contribution in [3.63, 3.8) is 0 Å². The quantitative estimate of drug-likeness (QED) is 0.816. The second-order valence-corrected chi connectivity index (χ2v) is 4.73. The molecule has 1 fully saturated rings. The van der Waals surface area contributed by atoms with Gasteiger partial charge in [-0.15, -0.1) is 0 Å². The zero-order valence-electron chi connectivity index (χ0n) is 9.74. The minimum Gasteiger partial charge on any atom is -0.507 e. The Balaban J connectivity index is 0.000000350. The van der Waals surface area contributed by atoms with Crippen LogP contribution in [0.3, 0.4) is 0 Å². The summed E-state index contributed by atoms with van der Waals surface area (Å²) in [7, 11) is 0. The van der Waals surface area contributed by atoms with Gasteiger partial charge >= 0.3 is 0 Å². The molecular formula is C14H14O3S. The van der Waals surface area contributed by atoms with E-state index in [4.69, 9.17) is 0 Å². The molecule has 0 radical (unpaired) electrons. The Bertz CT molecular complexity index is 466. The lowest BCUT2D eigenvalue weighted by Crippen LogP contribution is -1.75. The van der Waals surface area contributed by atoms with Crippen molar-refractivity contribution in [2.75, 3.05) is 13.2 Å². The van der Waals surface area contributed by atoms with E-state index in [-0.39, 0.29) is 11.5 Å². The molecule has 2 aromatic rings. The van der Waals surface area contributed by atoms with Gasteiger partial charge in [0.25, 0.3) is 0 Å². The summed E-state index contributed by atoms with van der Waals surface area (Å²) in [4.78, 5) is 1.47. The predicted octanol–water partition coefficient (Wildman–Crippen LogP) is 3.27. The number of rotatable bonds is 2. The highest BCUT2D eigenvalue weighted by molar-refractivity contribution is 7.99. The van der Waals surface area contributed by atoms with Crippen LogP contribution in [0.15, 0.2) is 58.3 Å². The number of phenolic OH excluding ortho intramolecular Hbond substituents is 2. The summed E-state index contributed by atoms with van der Waals surface area (Å²) in [5, 5.41) is 19.1. The Morgan fingerprint density at radius 1 is 0.778 bits per heavy atom. The van der Waals surface area contributed by atoms with Crippen LogP contribution in [-0.4, -0.2) is 23.4 Å². The Kier molecular flexibility index (Phi) is 4.50. The van der Waals surface area contributed by atoms with Crippen LogP contribution in [0.5, 0.6) is 11.5 Å². The van der Waals surface area contributed by atoms with Crippen LogP contribution in [0.4, 0.5) is 0 Å². The summed E-state index contributed by atoms with van der Waals surface area (Å²) in [6.07, 6.45) is 0. The van der Waals surface area contributed by atoms with E-state index < -0.39 is 0 Å². The van der Waals surface area contributed by atoms with E-state index in [2.05, 4.69) is 4.74 Å². The second-order valence-electron chi connectivity index (χ2n) is 3.65. The van der Waals surface area contributed by atoms with Gasteiger partial charge in [0.2, 0.25) is 0 Å². The number of aromatic hydroxyl groups is 2. The molecule has 0 aromatic heterocycles. The average Bonchev–Trinajstić information content (AvgIpc) is 3.23. The summed E-state index contributed by atoms with van der Waals surface area (Å²) in [6.45, 7) is 2.00. The fraction of sp³-hybridized carbons (Fsp3) is 0.143. The molecule has 1 saturated heterocycles. The molecule has 0 aliphatic carbocycles. The molecule has 3 rings (SSSR count). The maximum Gasteiger partial charge on any atom is 0.129 e. The lowest BCUT2D eigenvalue weighted by molar-refractivity contribution is 0.460. The molecule has 94 valence electrons. The van der Waals surface area contributed by atoms with E-state index >= 15 is 0 Å². The van der Waals surface area contributed by atoms with Crippen LogP contribution < -0.4 is 0 Å². The van der Waals surface area contributed by atoms with Crippen LogP contribution in [0.2, 0.25) is 0 Å². The molecule has 1 aliphatic rings. The van der Waals surface area contributed by atoms with E-state index in [0.29, 0.717) is 0 Å². The molecule has 0 amide bonds. The maximum absolute atomic E-state index is 9.56. The van der Waals surface area contributed by atoms with Gasteiger partial charge in [-0.3, -0.25) is 0 Å². The minimum absolute atomic E-state index is 0.228. The van der Waals surface area contributed by atoms with E-state index in [0.717, 1.165) is 23.0 Å². The van der Waals surface area contributed by atoms with E-state index in [1.54, 1.807) is 24.3 Å². The first-order valence-electron chi connectivity index (χ1n) is 5.59. The van der Waals surface area contributed by atoms with Gasteiger partial charge in [0.05, 0.1) is 23.0 Å². The molecule has 0 unspecified atom stereocenters. The molecular weight excluding hydrogens is 248 g/mol. The normalized spacial score (nSPS) is 12.4. The zero-order chi connectivity index (χ0) is 12.8. The van der Waals surface area contributed by atoms with Crippen LogP contribution >= 0.6 is 11.8 Å². The van der Waals surface area contributed by atoms with Gasteiger partial charge in [-0.1, -0.05) is 36.0 Å². The number of ether oxygens (including phenoxy) is 1. The average molecular weight is 262 g/mol. The Morgan fingerprint density at radius 2 is 1.17 bits per heavy atom. The number of benzene rings is 2. The smallest absolute Gasteiger partial charge is 0.129 e. The van der Waals surface area contributed by atoms with E-state index in [1.165, 1.54) is 11.8 Å². The molecule has 0 saturated carbocycles. The summed E-state index contributed by atoms with van der Waals surface area (Å²) >= 11 is 1.34. The number of phenols is 2. The first kappa shape index (κ1) is 12.8. The fourth-order valence-electron chi connectivity index (χ4n) is 1.21. The lowest BCUT2D eigenvalue weighted by atomic mass is 10.3. The third-order valence-corrected chi connectivity index (χ3v) is 3.28. The van der Waals surface area contributed by atoms with Crippen LogP contribution in [-0.2, 0) is 4.74 Å². The van der Waals surface area contributed by atoms with E-state index in [1.807, 2.05) is 24.3 Å². The number of hydrogen-bond acceptors (Lipinski definition) is 4. The molecule has 3 nitrogen and oxygen atoms in total. The molecule has 2 N–H and O–H groups in total. The van der Waals surface area contributed by atoms with Crippen molar-refractivity contribution in [3.8, 4) is 11.5 Å². The number of epoxide rings is 1.